The van der Waals surface area contributed by atoms with E-state index < -0.39 is 12.0 Å². The number of ether oxygens (including phenoxy) is 1. The molecule has 34 heavy (non-hydrogen) atoms. The molecule has 0 bridgehead atoms. The van der Waals surface area contributed by atoms with Crippen molar-refractivity contribution < 1.29 is 14.3 Å². The normalized spacial score (nSPS) is 20.1. The Morgan fingerprint density at radius 2 is 2.03 bits per heavy atom. The monoisotopic (exact) mass is 480 g/mol. The summed E-state index contributed by atoms with van der Waals surface area (Å²) < 4.78 is 5.44. The number of benzene rings is 1. The summed E-state index contributed by atoms with van der Waals surface area (Å²) in [5.74, 6) is -0.447. The number of amides is 1. The largest absolute Gasteiger partial charge is 0.458 e. The van der Waals surface area contributed by atoms with Gasteiger partial charge in [-0.1, -0.05) is 48.7 Å². The number of rotatable bonds is 9. The van der Waals surface area contributed by atoms with Crippen LogP contribution in [0.2, 0.25) is 0 Å². The first-order valence-electron chi connectivity index (χ1n) is 11.8. The lowest BCUT2D eigenvalue weighted by Gasteiger charge is -2.37. The molecule has 4 rings (SSSR count). The van der Waals surface area contributed by atoms with Crippen molar-refractivity contribution in [2.24, 2.45) is 4.99 Å². The third-order valence-corrected chi connectivity index (χ3v) is 7.22. The summed E-state index contributed by atoms with van der Waals surface area (Å²) in [6.45, 7) is 11.4. The van der Waals surface area contributed by atoms with Crippen LogP contribution in [0.15, 0.2) is 64.3 Å². The number of fused-ring (bicyclic) bond motifs is 1. The average Bonchev–Trinajstić information content (AvgIpc) is 3.47. The van der Waals surface area contributed by atoms with Crippen LogP contribution in [0.5, 0.6) is 0 Å². The van der Waals surface area contributed by atoms with Crippen LogP contribution in [0, 0.1) is 6.92 Å². The van der Waals surface area contributed by atoms with Crippen molar-refractivity contribution in [2.45, 2.75) is 39.2 Å². The smallest absolute Gasteiger partial charge is 0.338 e. The number of aliphatic imine (C=N–C) groups is 1. The molecule has 7 nitrogen and oxygen atoms in total. The summed E-state index contributed by atoms with van der Waals surface area (Å²) in [5.41, 5.74) is 4.00. The first-order chi connectivity index (χ1) is 16.5. The molecule has 1 aromatic carbocycles. The van der Waals surface area contributed by atoms with Gasteiger partial charge in [-0.05, 0) is 56.3 Å². The predicted octanol–water partition coefficient (Wildman–Crippen LogP) is 3.90. The molecule has 0 radical (unpaired) electrons. The fourth-order valence-electron chi connectivity index (χ4n) is 4.62. The minimum absolute atomic E-state index is 0.0297. The molecular weight excluding hydrogens is 448 g/mol. The number of carbonyl (C=O) groups excluding carboxylic acids is 2. The average molecular weight is 481 g/mol. The summed E-state index contributed by atoms with van der Waals surface area (Å²) in [7, 11) is 0. The lowest BCUT2D eigenvalue weighted by atomic mass is 9.91. The van der Waals surface area contributed by atoms with Crippen molar-refractivity contribution in [3.63, 3.8) is 0 Å². The Labute approximate surface area is 205 Å². The fourth-order valence-corrected chi connectivity index (χ4v) is 5.58. The topological polar surface area (TPSA) is 74.2 Å². The lowest BCUT2D eigenvalue weighted by molar-refractivity contribution is -0.138. The van der Waals surface area contributed by atoms with Crippen LogP contribution >= 0.6 is 11.8 Å². The molecule has 0 saturated carbocycles. The number of hydrogen-bond acceptors (Lipinski definition) is 7. The van der Waals surface area contributed by atoms with Crippen LogP contribution in [0.3, 0.4) is 0 Å². The van der Waals surface area contributed by atoms with Crippen molar-refractivity contribution in [2.75, 3.05) is 32.8 Å². The SMILES string of the molecule is C=CCOC(=O)C1=C(C)N=C2SC=C(CC(=O)NCCN3CCCC3)N2C1c1ccccc1C. The van der Waals surface area contributed by atoms with Crippen LogP contribution < -0.4 is 5.32 Å². The third kappa shape index (κ3) is 5.28. The predicted molar refractivity (Wildman–Crippen MR) is 136 cm³/mol. The first-order valence-corrected chi connectivity index (χ1v) is 12.6. The van der Waals surface area contributed by atoms with E-state index in [0.717, 1.165) is 41.6 Å². The zero-order valence-electron chi connectivity index (χ0n) is 19.9. The number of likely N-dealkylation sites (tertiary alicyclic amines) is 1. The van der Waals surface area contributed by atoms with Crippen molar-refractivity contribution >= 4 is 28.8 Å². The van der Waals surface area contributed by atoms with E-state index in [0.29, 0.717) is 17.8 Å². The number of nitrogens with zero attached hydrogens (tertiary/aromatic N) is 3. The van der Waals surface area contributed by atoms with E-state index in [4.69, 9.17) is 9.73 Å². The number of thioether (sulfide) groups is 1. The molecule has 180 valence electrons. The van der Waals surface area contributed by atoms with Gasteiger partial charge < -0.3 is 19.9 Å². The first kappa shape index (κ1) is 24.3. The Bertz CT molecular complexity index is 1060. The molecule has 1 atom stereocenters. The maximum atomic E-state index is 13.1. The molecule has 0 aliphatic carbocycles. The number of carbonyl (C=O) groups is 2. The molecule has 1 N–H and O–H groups in total. The quantitative estimate of drug-likeness (QED) is 0.427. The van der Waals surface area contributed by atoms with Gasteiger partial charge in [0, 0.05) is 18.8 Å². The highest BCUT2D eigenvalue weighted by atomic mass is 32.2. The number of nitrogens with one attached hydrogen (secondary N) is 1. The third-order valence-electron chi connectivity index (χ3n) is 6.33. The Morgan fingerprint density at radius 3 is 2.76 bits per heavy atom. The van der Waals surface area contributed by atoms with Gasteiger partial charge in [0.1, 0.15) is 6.61 Å². The summed E-state index contributed by atoms with van der Waals surface area (Å²) in [6, 6.07) is 7.58. The number of hydrogen-bond donors (Lipinski definition) is 1. The number of amidine groups is 1. The molecule has 1 unspecified atom stereocenters. The molecule has 8 heteroatoms. The van der Waals surface area contributed by atoms with Crippen LogP contribution in [0.25, 0.3) is 0 Å². The van der Waals surface area contributed by atoms with Gasteiger partial charge in [0.15, 0.2) is 5.17 Å². The fraction of sp³-hybridized carbons (Fsp3) is 0.423. The van der Waals surface area contributed by atoms with Crippen molar-refractivity contribution in [1.29, 1.82) is 0 Å². The second-order valence-corrected chi connectivity index (χ2v) is 9.55. The summed E-state index contributed by atoms with van der Waals surface area (Å²) >= 11 is 1.48. The molecule has 1 fully saturated rings. The van der Waals surface area contributed by atoms with Crippen LogP contribution in [0.4, 0.5) is 0 Å². The maximum absolute atomic E-state index is 13.1. The van der Waals surface area contributed by atoms with Crippen LogP contribution in [-0.2, 0) is 14.3 Å². The number of aryl methyl sites for hydroxylation is 1. The second-order valence-electron chi connectivity index (χ2n) is 8.71. The molecular formula is C26H32N4O3S. The highest BCUT2D eigenvalue weighted by molar-refractivity contribution is 8.16. The molecule has 0 aromatic heterocycles. The lowest BCUT2D eigenvalue weighted by Crippen LogP contribution is -2.39. The molecule has 3 heterocycles. The Hall–Kier alpha value is -2.84. The Kier molecular flexibility index (Phi) is 7.90. The van der Waals surface area contributed by atoms with Crippen LogP contribution in [-0.4, -0.2) is 59.6 Å². The van der Waals surface area contributed by atoms with E-state index in [-0.39, 0.29) is 18.9 Å². The molecule has 0 spiro atoms. The molecule has 3 aliphatic rings. The molecule has 1 amide bonds. The minimum atomic E-state index is -0.417. The minimum Gasteiger partial charge on any atom is -0.458 e. The van der Waals surface area contributed by atoms with Crippen molar-refractivity contribution in [3.8, 4) is 0 Å². The summed E-state index contributed by atoms with van der Waals surface area (Å²) in [6.07, 6.45) is 4.25. The van der Waals surface area contributed by atoms with Gasteiger partial charge in [-0.2, -0.15) is 0 Å². The van der Waals surface area contributed by atoms with Gasteiger partial charge in [-0.25, -0.2) is 9.79 Å². The van der Waals surface area contributed by atoms with Crippen LogP contribution in [0.1, 0.15) is 43.4 Å². The summed E-state index contributed by atoms with van der Waals surface area (Å²) in [4.78, 5) is 35.0. The highest BCUT2D eigenvalue weighted by Crippen LogP contribution is 2.45. The summed E-state index contributed by atoms with van der Waals surface area (Å²) in [5, 5.41) is 5.79. The van der Waals surface area contributed by atoms with Gasteiger partial charge in [-0.15, -0.1) is 0 Å². The van der Waals surface area contributed by atoms with Gasteiger partial charge in [0.05, 0.1) is 23.7 Å². The van der Waals surface area contributed by atoms with E-state index in [1.165, 1.54) is 24.6 Å². The Balaban J connectivity index is 1.56. The second kappa shape index (κ2) is 11.1. The van der Waals surface area contributed by atoms with E-state index in [9.17, 15) is 9.59 Å². The Morgan fingerprint density at radius 1 is 1.26 bits per heavy atom. The zero-order chi connectivity index (χ0) is 24.1. The van der Waals surface area contributed by atoms with E-state index in [1.807, 2.05) is 48.4 Å². The van der Waals surface area contributed by atoms with E-state index in [1.54, 1.807) is 6.08 Å². The van der Waals surface area contributed by atoms with Crippen molar-refractivity contribution in [1.82, 2.24) is 15.1 Å². The van der Waals surface area contributed by atoms with Gasteiger partial charge in [-0.3, -0.25) is 4.79 Å². The number of esters is 1. The molecule has 1 aromatic rings. The van der Waals surface area contributed by atoms with Gasteiger partial charge >= 0.3 is 5.97 Å². The van der Waals surface area contributed by atoms with E-state index >= 15 is 0 Å². The van der Waals surface area contributed by atoms with E-state index in [2.05, 4.69) is 16.8 Å². The molecule has 3 aliphatic heterocycles. The highest BCUT2D eigenvalue weighted by Gasteiger charge is 2.41. The molecule has 1 saturated heterocycles. The van der Waals surface area contributed by atoms with Gasteiger partial charge in [0.25, 0.3) is 0 Å². The van der Waals surface area contributed by atoms with Crippen molar-refractivity contribution in [3.05, 3.63) is 70.4 Å². The maximum Gasteiger partial charge on any atom is 0.338 e. The standard InChI is InChI=1S/C26H32N4O3S/c1-4-15-33-25(32)23-19(3)28-26-30(24(23)21-10-6-5-9-18(21)2)20(17-34-26)16-22(31)27-11-14-29-12-7-8-13-29/h4-6,9-10,17,24H,1,7-8,11-16H2,2-3H3,(H,27,31). The van der Waals surface area contributed by atoms with Gasteiger partial charge in [0.2, 0.25) is 5.91 Å². The zero-order valence-corrected chi connectivity index (χ0v) is 20.7. The number of allylic oxidation sites excluding steroid dienone is 1.